The zero-order chi connectivity index (χ0) is 18.9. The van der Waals surface area contributed by atoms with Crippen molar-refractivity contribution in [3.63, 3.8) is 0 Å². The molecule has 2 aromatic rings. The summed E-state index contributed by atoms with van der Waals surface area (Å²) < 4.78 is 19.3. The second-order valence-corrected chi connectivity index (χ2v) is 7.37. The molecule has 1 spiro atoms. The normalized spacial score (nSPS) is 23.7. The molecule has 0 bridgehead atoms. The number of hydrogen-bond donors (Lipinski definition) is 1. The van der Waals surface area contributed by atoms with Crippen LogP contribution >= 0.6 is 0 Å². The molecule has 6 heteroatoms. The van der Waals surface area contributed by atoms with Gasteiger partial charge in [0.2, 0.25) is 0 Å². The molecule has 2 aliphatic rings. The molecular weight excluding hydrogens is 347 g/mol. The van der Waals surface area contributed by atoms with Crippen molar-refractivity contribution in [1.82, 2.24) is 4.90 Å². The summed E-state index contributed by atoms with van der Waals surface area (Å²) in [5.41, 5.74) is 1.14. The Morgan fingerprint density at radius 2 is 1.89 bits per heavy atom. The van der Waals surface area contributed by atoms with Crippen LogP contribution in [-0.4, -0.2) is 47.8 Å². The Bertz CT molecular complexity index is 826. The number of carbonyl (C=O) groups is 1. The third kappa shape index (κ3) is 3.82. The van der Waals surface area contributed by atoms with Gasteiger partial charge in [-0.2, -0.15) is 0 Å². The van der Waals surface area contributed by atoms with E-state index in [1.165, 1.54) is 12.1 Å². The number of anilines is 1. The van der Waals surface area contributed by atoms with E-state index >= 15 is 0 Å². The van der Waals surface area contributed by atoms with Crippen LogP contribution in [0.3, 0.4) is 0 Å². The van der Waals surface area contributed by atoms with Crippen LogP contribution in [0.15, 0.2) is 48.5 Å². The fourth-order valence-corrected chi connectivity index (χ4v) is 4.03. The van der Waals surface area contributed by atoms with Gasteiger partial charge in [-0.15, -0.1) is 0 Å². The fourth-order valence-electron chi connectivity index (χ4n) is 4.03. The van der Waals surface area contributed by atoms with Crippen molar-refractivity contribution in [2.75, 3.05) is 31.1 Å². The van der Waals surface area contributed by atoms with Crippen LogP contribution in [0.5, 0.6) is 5.75 Å². The third-order valence-corrected chi connectivity index (χ3v) is 5.39. The minimum Gasteiger partial charge on any atom is -0.508 e. The number of hydrogen-bond acceptors (Lipinski definition) is 4. The van der Waals surface area contributed by atoms with Crippen molar-refractivity contribution < 1.29 is 19.0 Å². The zero-order valence-electron chi connectivity index (χ0n) is 15.1. The molecule has 2 aromatic carbocycles. The molecule has 2 fully saturated rings. The number of amides is 1. The molecular formula is C21H23FN2O3. The standard InChI is InChI=1S/C21H23FN2O3/c22-17-6-8-18(9-7-17)24-15-21(27-13-20(24)26)10-3-11-23(14-21)12-16-4-1-2-5-19(16)25/h1-2,4-9,25H,3,10-15H2. The van der Waals surface area contributed by atoms with Gasteiger partial charge in [0.05, 0.1) is 12.1 Å². The molecule has 4 rings (SSSR count). The van der Waals surface area contributed by atoms with Gasteiger partial charge in [-0.25, -0.2) is 4.39 Å². The van der Waals surface area contributed by atoms with Gasteiger partial charge in [0.15, 0.2) is 0 Å². The van der Waals surface area contributed by atoms with E-state index in [2.05, 4.69) is 4.90 Å². The van der Waals surface area contributed by atoms with Gasteiger partial charge in [-0.05, 0) is 49.7 Å². The van der Waals surface area contributed by atoms with E-state index in [9.17, 15) is 14.3 Å². The van der Waals surface area contributed by atoms with Crippen molar-refractivity contribution in [3.05, 3.63) is 59.9 Å². The minimum absolute atomic E-state index is 0.0296. The second-order valence-electron chi connectivity index (χ2n) is 7.37. The number of carbonyl (C=O) groups excluding carboxylic acids is 1. The Morgan fingerprint density at radius 3 is 2.67 bits per heavy atom. The molecule has 0 saturated carbocycles. The number of ether oxygens (including phenoxy) is 1. The third-order valence-electron chi connectivity index (χ3n) is 5.39. The molecule has 5 nitrogen and oxygen atoms in total. The number of halogens is 1. The highest BCUT2D eigenvalue weighted by Crippen LogP contribution is 2.33. The molecule has 1 amide bonds. The van der Waals surface area contributed by atoms with Crippen LogP contribution < -0.4 is 4.90 Å². The monoisotopic (exact) mass is 370 g/mol. The molecule has 1 N–H and O–H groups in total. The lowest BCUT2D eigenvalue weighted by molar-refractivity contribution is -0.146. The molecule has 0 radical (unpaired) electrons. The largest absolute Gasteiger partial charge is 0.508 e. The van der Waals surface area contributed by atoms with Crippen LogP contribution in [0.2, 0.25) is 0 Å². The Balaban J connectivity index is 1.51. The predicted octanol–water partition coefficient (Wildman–Crippen LogP) is 2.93. The molecule has 1 atom stereocenters. The lowest BCUT2D eigenvalue weighted by Gasteiger charge is -2.47. The molecule has 2 heterocycles. The molecule has 1 unspecified atom stereocenters. The van der Waals surface area contributed by atoms with Crippen molar-refractivity contribution in [2.24, 2.45) is 0 Å². The maximum Gasteiger partial charge on any atom is 0.253 e. The van der Waals surface area contributed by atoms with Gasteiger partial charge in [0.25, 0.3) is 5.91 Å². The average Bonchev–Trinajstić information content (AvgIpc) is 2.67. The lowest BCUT2D eigenvalue weighted by Crippen LogP contribution is -2.61. The molecule has 2 saturated heterocycles. The minimum atomic E-state index is -0.440. The van der Waals surface area contributed by atoms with E-state index in [0.29, 0.717) is 31.1 Å². The van der Waals surface area contributed by atoms with Crippen LogP contribution in [0.25, 0.3) is 0 Å². The first-order chi connectivity index (χ1) is 13.0. The number of benzene rings is 2. The fraction of sp³-hybridized carbons (Fsp3) is 0.381. The number of phenolic OH excluding ortho intramolecular Hbond substituents is 1. The summed E-state index contributed by atoms with van der Waals surface area (Å²) in [6, 6.07) is 13.4. The van der Waals surface area contributed by atoms with Gasteiger partial charge in [0, 0.05) is 24.3 Å². The number of phenols is 1. The van der Waals surface area contributed by atoms with E-state index in [0.717, 1.165) is 24.9 Å². The topological polar surface area (TPSA) is 53.0 Å². The first kappa shape index (κ1) is 17.9. The zero-order valence-corrected chi connectivity index (χ0v) is 15.1. The Kier molecular flexibility index (Phi) is 4.85. The summed E-state index contributed by atoms with van der Waals surface area (Å²) in [7, 11) is 0. The molecule has 27 heavy (non-hydrogen) atoms. The van der Waals surface area contributed by atoms with Crippen LogP contribution in [0.1, 0.15) is 18.4 Å². The second kappa shape index (κ2) is 7.29. The van der Waals surface area contributed by atoms with E-state index < -0.39 is 5.60 Å². The van der Waals surface area contributed by atoms with Crippen molar-refractivity contribution in [3.8, 4) is 5.75 Å². The molecule has 0 aliphatic carbocycles. The summed E-state index contributed by atoms with van der Waals surface area (Å²) in [5, 5.41) is 10.0. The van der Waals surface area contributed by atoms with Gasteiger partial charge in [-0.1, -0.05) is 18.2 Å². The van der Waals surface area contributed by atoms with Crippen LogP contribution in [0.4, 0.5) is 10.1 Å². The van der Waals surface area contributed by atoms with Gasteiger partial charge in [0.1, 0.15) is 18.2 Å². The van der Waals surface area contributed by atoms with Crippen molar-refractivity contribution >= 4 is 11.6 Å². The number of piperidine rings is 1. The van der Waals surface area contributed by atoms with Gasteiger partial charge >= 0.3 is 0 Å². The molecule has 142 valence electrons. The Labute approximate surface area is 158 Å². The summed E-state index contributed by atoms with van der Waals surface area (Å²) in [5.74, 6) is -0.129. The van der Waals surface area contributed by atoms with Crippen molar-refractivity contribution in [2.45, 2.75) is 25.0 Å². The Hall–Kier alpha value is -2.44. The van der Waals surface area contributed by atoms with Crippen LogP contribution in [0, 0.1) is 5.82 Å². The predicted molar refractivity (Wildman–Crippen MR) is 100 cm³/mol. The molecule has 0 aromatic heterocycles. The maximum atomic E-state index is 13.2. The number of likely N-dealkylation sites (tertiary alicyclic amines) is 1. The highest BCUT2D eigenvalue weighted by atomic mass is 19.1. The van der Waals surface area contributed by atoms with Crippen LogP contribution in [-0.2, 0) is 16.1 Å². The smallest absolute Gasteiger partial charge is 0.253 e. The van der Waals surface area contributed by atoms with E-state index in [1.54, 1.807) is 23.1 Å². The van der Waals surface area contributed by atoms with E-state index in [4.69, 9.17) is 4.74 Å². The summed E-state index contributed by atoms with van der Waals surface area (Å²) in [6.45, 7) is 2.73. The highest BCUT2D eigenvalue weighted by Gasteiger charge is 2.43. The van der Waals surface area contributed by atoms with Crippen molar-refractivity contribution in [1.29, 1.82) is 0 Å². The maximum absolute atomic E-state index is 13.2. The first-order valence-electron chi connectivity index (χ1n) is 9.24. The summed E-state index contributed by atoms with van der Waals surface area (Å²) in [6.07, 6.45) is 1.83. The SMILES string of the molecule is O=C1COC2(CCCN(Cc3ccccc3O)C2)CN1c1ccc(F)cc1. The highest BCUT2D eigenvalue weighted by molar-refractivity contribution is 5.95. The number of aromatic hydroxyl groups is 1. The summed E-state index contributed by atoms with van der Waals surface area (Å²) >= 11 is 0. The number of morpholine rings is 1. The first-order valence-corrected chi connectivity index (χ1v) is 9.24. The Morgan fingerprint density at radius 1 is 1.11 bits per heavy atom. The number of nitrogens with zero attached hydrogens (tertiary/aromatic N) is 2. The van der Waals surface area contributed by atoms with Gasteiger partial charge < -0.3 is 14.7 Å². The number of rotatable bonds is 3. The lowest BCUT2D eigenvalue weighted by atomic mass is 9.90. The van der Waals surface area contributed by atoms with E-state index in [1.807, 2.05) is 18.2 Å². The average molecular weight is 370 g/mol. The summed E-state index contributed by atoms with van der Waals surface area (Å²) in [4.78, 5) is 16.3. The number of para-hydroxylation sites is 1. The quantitative estimate of drug-likeness (QED) is 0.903. The van der Waals surface area contributed by atoms with Gasteiger partial charge in [-0.3, -0.25) is 9.69 Å². The molecule has 2 aliphatic heterocycles. The van der Waals surface area contributed by atoms with E-state index in [-0.39, 0.29) is 18.3 Å².